The Hall–Kier alpha value is -2.27. The van der Waals surface area contributed by atoms with Crippen molar-refractivity contribution in [3.05, 3.63) is 74.5 Å². The minimum absolute atomic E-state index is 0.184. The van der Waals surface area contributed by atoms with Gasteiger partial charge < -0.3 is 4.79 Å². The highest BCUT2D eigenvalue weighted by atomic mass is 32.1. The molecule has 0 unspecified atom stereocenters. The first-order chi connectivity index (χ1) is 11.2. The SMILES string of the molecule is O=CC[C@@H]1C=C(c2ccccc2)C[C@H](c2cccs2)[C@H]1[N+](=O)[O-]. The van der Waals surface area contributed by atoms with Crippen LogP contribution in [-0.4, -0.2) is 17.3 Å². The lowest BCUT2D eigenvalue weighted by Gasteiger charge is -2.30. The van der Waals surface area contributed by atoms with E-state index in [2.05, 4.69) is 0 Å². The topological polar surface area (TPSA) is 60.2 Å². The van der Waals surface area contributed by atoms with E-state index in [1.165, 1.54) is 0 Å². The minimum Gasteiger partial charge on any atom is -0.303 e. The number of nitro groups is 1. The van der Waals surface area contributed by atoms with Crippen LogP contribution in [0.2, 0.25) is 0 Å². The maximum absolute atomic E-state index is 11.7. The van der Waals surface area contributed by atoms with Gasteiger partial charge in [-0.1, -0.05) is 42.5 Å². The van der Waals surface area contributed by atoms with Crippen LogP contribution in [0, 0.1) is 16.0 Å². The first-order valence-corrected chi connectivity index (χ1v) is 8.45. The number of hydrogen-bond acceptors (Lipinski definition) is 4. The summed E-state index contributed by atoms with van der Waals surface area (Å²) in [4.78, 5) is 23.5. The molecule has 4 nitrogen and oxygen atoms in total. The first kappa shape index (κ1) is 15.6. The standard InChI is InChI=1S/C18H17NO3S/c20-9-8-14-11-15(13-5-2-1-3-6-13)12-16(18(14)19(21)22)17-7-4-10-23-17/h1-7,9-11,14,16,18H,8,12H2/t14-,16-,18+/m1/s1. The van der Waals surface area contributed by atoms with Crippen molar-refractivity contribution in [2.45, 2.75) is 24.8 Å². The van der Waals surface area contributed by atoms with Crippen molar-refractivity contribution in [3.8, 4) is 0 Å². The van der Waals surface area contributed by atoms with Gasteiger partial charge in [0.05, 0.1) is 11.8 Å². The molecule has 23 heavy (non-hydrogen) atoms. The predicted octanol–water partition coefficient (Wildman–Crippen LogP) is 4.17. The summed E-state index contributed by atoms with van der Waals surface area (Å²) in [5.74, 6) is -0.547. The van der Waals surface area contributed by atoms with Gasteiger partial charge >= 0.3 is 0 Å². The average Bonchev–Trinajstić information content (AvgIpc) is 3.09. The highest BCUT2D eigenvalue weighted by Gasteiger charge is 2.43. The van der Waals surface area contributed by atoms with Crippen LogP contribution in [0.25, 0.3) is 5.57 Å². The second-order valence-corrected chi connectivity index (χ2v) is 6.71. The summed E-state index contributed by atoms with van der Waals surface area (Å²) in [6.07, 6.45) is 3.54. The fourth-order valence-electron chi connectivity index (χ4n) is 3.34. The van der Waals surface area contributed by atoms with Crippen molar-refractivity contribution in [2.24, 2.45) is 5.92 Å². The van der Waals surface area contributed by atoms with Gasteiger partial charge in [-0.2, -0.15) is 0 Å². The highest BCUT2D eigenvalue weighted by molar-refractivity contribution is 7.10. The predicted molar refractivity (Wildman–Crippen MR) is 91.0 cm³/mol. The van der Waals surface area contributed by atoms with E-state index in [0.717, 1.165) is 22.3 Å². The first-order valence-electron chi connectivity index (χ1n) is 7.57. The van der Waals surface area contributed by atoms with Crippen molar-refractivity contribution in [1.29, 1.82) is 0 Å². The van der Waals surface area contributed by atoms with Crippen LogP contribution in [0.15, 0.2) is 53.9 Å². The Morgan fingerprint density at radius 3 is 2.61 bits per heavy atom. The Morgan fingerprint density at radius 2 is 2.00 bits per heavy atom. The molecule has 0 bridgehead atoms. The lowest BCUT2D eigenvalue weighted by atomic mass is 9.75. The second-order valence-electron chi connectivity index (χ2n) is 5.73. The minimum atomic E-state index is -0.744. The van der Waals surface area contributed by atoms with Gasteiger partial charge in [0.1, 0.15) is 6.29 Å². The Bertz CT molecular complexity index is 709. The Balaban J connectivity index is 2.04. The molecule has 3 rings (SSSR count). The van der Waals surface area contributed by atoms with Gasteiger partial charge in [0.25, 0.3) is 0 Å². The molecule has 0 fully saturated rings. The maximum Gasteiger partial charge on any atom is 0.227 e. The quantitative estimate of drug-likeness (QED) is 0.470. The summed E-state index contributed by atoms with van der Waals surface area (Å²) < 4.78 is 0. The van der Waals surface area contributed by atoms with Gasteiger partial charge in [-0.25, -0.2) is 0 Å². The number of thiophene rings is 1. The van der Waals surface area contributed by atoms with E-state index in [4.69, 9.17) is 0 Å². The van der Waals surface area contributed by atoms with Crippen LogP contribution in [0.3, 0.4) is 0 Å². The van der Waals surface area contributed by atoms with Crippen molar-refractivity contribution >= 4 is 23.2 Å². The number of nitrogens with zero attached hydrogens (tertiary/aromatic N) is 1. The number of rotatable bonds is 5. The smallest absolute Gasteiger partial charge is 0.227 e. The molecule has 1 aliphatic rings. The lowest BCUT2D eigenvalue weighted by Crippen LogP contribution is -2.37. The Morgan fingerprint density at radius 1 is 1.22 bits per heavy atom. The third-order valence-electron chi connectivity index (χ3n) is 4.37. The van der Waals surface area contributed by atoms with Crippen LogP contribution in [-0.2, 0) is 4.79 Å². The number of allylic oxidation sites excluding steroid dienone is 1. The van der Waals surface area contributed by atoms with Crippen molar-refractivity contribution in [3.63, 3.8) is 0 Å². The number of benzene rings is 1. The highest BCUT2D eigenvalue weighted by Crippen LogP contribution is 2.43. The molecule has 1 aromatic carbocycles. The van der Waals surface area contributed by atoms with E-state index in [1.54, 1.807) is 11.3 Å². The number of aldehydes is 1. The van der Waals surface area contributed by atoms with Crippen LogP contribution in [0.5, 0.6) is 0 Å². The molecule has 118 valence electrons. The van der Waals surface area contributed by atoms with Gasteiger partial charge in [-0.05, 0) is 29.0 Å². The second kappa shape index (κ2) is 6.87. The molecular weight excluding hydrogens is 310 g/mol. The number of hydrogen-bond donors (Lipinski definition) is 0. The molecule has 1 aromatic heterocycles. The van der Waals surface area contributed by atoms with Crippen LogP contribution >= 0.6 is 11.3 Å². The zero-order chi connectivity index (χ0) is 16.2. The molecule has 0 radical (unpaired) electrons. The van der Waals surface area contributed by atoms with Gasteiger partial charge in [0.2, 0.25) is 6.04 Å². The van der Waals surface area contributed by atoms with E-state index in [9.17, 15) is 14.9 Å². The van der Waals surface area contributed by atoms with Crippen molar-refractivity contribution in [2.75, 3.05) is 0 Å². The summed E-state index contributed by atoms with van der Waals surface area (Å²) >= 11 is 1.55. The molecular formula is C18H17NO3S. The lowest BCUT2D eigenvalue weighted by molar-refractivity contribution is -0.534. The normalized spacial score (nSPS) is 24.0. The maximum atomic E-state index is 11.7. The van der Waals surface area contributed by atoms with Crippen LogP contribution in [0.1, 0.15) is 29.2 Å². The summed E-state index contributed by atoms with van der Waals surface area (Å²) in [7, 11) is 0. The summed E-state index contributed by atoms with van der Waals surface area (Å²) in [6.45, 7) is 0. The van der Waals surface area contributed by atoms with Gasteiger partial charge in [0.15, 0.2) is 0 Å². The zero-order valence-electron chi connectivity index (χ0n) is 12.5. The third-order valence-corrected chi connectivity index (χ3v) is 5.38. The monoisotopic (exact) mass is 327 g/mol. The summed E-state index contributed by atoms with van der Waals surface area (Å²) in [5.41, 5.74) is 2.17. The van der Waals surface area contributed by atoms with Crippen LogP contribution in [0.4, 0.5) is 0 Å². The third kappa shape index (κ3) is 3.24. The van der Waals surface area contributed by atoms with Crippen LogP contribution < -0.4 is 0 Å². The molecule has 0 N–H and O–H groups in total. The van der Waals surface area contributed by atoms with E-state index >= 15 is 0 Å². The molecule has 5 heteroatoms. The molecule has 0 spiro atoms. The van der Waals surface area contributed by atoms with Crippen molar-refractivity contribution < 1.29 is 9.72 Å². The number of carbonyl (C=O) groups is 1. The molecule has 1 heterocycles. The fourth-order valence-corrected chi connectivity index (χ4v) is 4.21. The van der Waals surface area contributed by atoms with Gasteiger partial charge in [-0.15, -0.1) is 11.3 Å². The van der Waals surface area contributed by atoms with E-state index < -0.39 is 6.04 Å². The average molecular weight is 327 g/mol. The number of carbonyl (C=O) groups excluding carboxylic acids is 1. The molecule has 0 saturated carbocycles. The van der Waals surface area contributed by atoms with Gasteiger partial charge in [0, 0.05) is 16.2 Å². The zero-order valence-corrected chi connectivity index (χ0v) is 13.3. The molecule has 0 saturated heterocycles. The van der Waals surface area contributed by atoms with Crippen molar-refractivity contribution in [1.82, 2.24) is 0 Å². The summed E-state index contributed by atoms with van der Waals surface area (Å²) in [5, 5.41) is 13.6. The molecule has 1 aliphatic carbocycles. The largest absolute Gasteiger partial charge is 0.303 e. The summed E-state index contributed by atoms with van der Waals surface area (Å²) in [6, 6.07) is 13.0. The van der Waals surface area contributed by atoms with Gasteiger partial charge in [-0.3, -0.25) is 10.1 Å². The molecule has 3 atom stereocenters. The van der Waals surface area contributed by atoms with E-state index in [1.807, 2.05) is 53.9 Å². The van der Waals surface area contributed by atoms with E-state index in [-0.39, 0.29) is 23.2 Å². The van der Waals surface area contributed by atoms with E-state index in [0.29, 0.717) is 6.42 Å². The molecule has 0 aliphatic heterocycles. The fraction of sp³-hybridized carbons (Fsp3) is 0.278. The molecule has 0 amide bonds. The molecule has 2 aromatic rings. The Kier molecular flexibility index (Phi) is 4.67. The Labute approximate surface area is 138 Å².